The first kappa shape index (κ1) is 18.6. The molecule has 132 valence electrons. The smallest absolute Gasteiger partial charge is 0.386 e. The van der Waals surface area contributed by atoms with Crippen LogP contribution < -0.4 is 11.1 Å². The van der Waals surface area contributed by atoms with E-state index < -0.39 is 11.7 Å². The zero-order valence-corrected chi connectivity index (χ0v) is 16.6. The molecule has 9 heteroatoms. The molecule has 0 aliphatic carbocycles. The summed E-state index contributed by atoms with van der Waals surface area (Å²) >= 11 is 8.21. The molecule has 0 radical (unpaired) electrons. The van der Waals surface area contributed by atoms with Crippen LogP contribution >= 0.6 is 43.6 Å². The summed E-state index contributed by atoms with van der Waals surface area (Å²) in [6, 6.07) is 9.23. The molecule has 1 heterocycles. The van der Waals surface area contributed by atoms with Crippen molar-refractivity contribution in [2.75, 3.05) is 11.9 Å². The molecule has 1 aliphatic rings. The number of halogens is 5. The van der Waals surface area contributed by atoms with E-state index in [1.807, 2.05) is 18.2 Å². The van der Waals surface area contributed by atoms with E-state index in [0.717, 1.165) is 26.0 Å². The molecule has 0 aromatic heterocycles. The van der Waals surface area contributed by atoms with E-state index in [1.165, 1.54) is 17.8 Å². The minimum Gasteiger partial charge on any atom is -0.386 e. The number of alkyl halides is 3. The summed E-state index contributed by atoms with van der Waals surface area (Å²) in [6.45, 7) is 0.403. The van der Waals surface area contributed by atoms with Crippen molar-refractivity contribution in [2.45, 2.75) is 16.3 Å². The Morgan fingerprint density at radius 3 is 2.68 bits per heavy atom. The van der Waals surface area contributed by atoms with E-state index >= 15 is 0 Å². The number of benzene rings is 2. The number of fused-ring (bicyclic) bond motifs is 1. The Kier molecular flexibility index (Phi) is 5.36. The van der Waals surface area contributed by atoms with Crippen LogP contribution in [0.5, 0.6) is 0 Å². The number of amidine groups is 1. The predicted octanol–water partition coefficient (Wildman–Crippen LogP) is 5.81. The molecule has 1 aliphatic heterocycles. The van der Waals surface area contributed by atoms with Gasteiger partial charge in [-0.2, -0.15) is 13.2 Å². The Morgan fingerprint density at radius 2 is 1.96 bits per heavy atom. The summed E-state index contributed by atoms with van der Waals surface area (Å²) in [7, 11) is 0. The maximum Gasteiger partial charge on any atom is 0.416 e. The summed E-state index contributed by atoms with van der Waals surface area (Å²) < 4.78 is 40.1. The molecule has 1 unspecified atom stereocenters. The fourth-order valence-corrected chi connectivity index (χ4v) is 4.03. The number of rotatable bonds is 2. The number of anilines is 1. The molecule has 3 rings (SSSR count). The van der Waals surface area contributed by atoms with Gasteiger partial charge in [0.1, 0.15) is 5.84 Å². The van der Waals surface area contributed by atoms with Crippen LogP contribution in [0.25, 0.3) is 0 Å². The summed E-state index contributed by atoms with van der Waals surface area (Å²) in [6.07, 6.45) is -4.36. The Balaban J connectivity index is 1.82. The average molecular weight is 495 g/mol. The highest BCUT2D eigenvalue weighted by molar-refractivity contribution is 9.11. The van der Waals surface area contributed by atoms with E-state index in [9.17, 15) is 13.2 Å². The normalized spacial score (nSPS) is 17.8. The molecular formula is C16H12Br2F3N3S. The van der Waals surface area contributed by atoms with E-state index in [0.29, 0.717) is 23.8 Å². The van der Waals surface area contributed by atoms with Crippen LogP contribution in [0.4, 0.5) is 24.5 Å². The van der Waals surface area contributed by atoms with E-state index in [2.05, 4.69) is 42.2 Å². The van der Waals surface area contributed by atoms with Gasteiger partial charge in [0.05, 0.1) is 16.5 Å². The molecule has 2 aromatic rings. The monoisotopic (exact) mass is 493 g/mol. The largest absolute Gasteiger partial charge is 0.416 e. The first-order valence-electron chi connectivity index (χ1n) is 7.15. The Bertz CT molecular complexity index is 840. The highest BCUT2D eigenvalue weighted by Crippen LogP contribution is 2.40. The minimum atomic E-state index is -4.36. The second-order valence-electron chi connectivity index (χ2n) is 5.33. The fourth-order valence-electron chi connectivity index (χ4n) is 2.29. The average Bonchev–Trinajstić information content (AvgIpc) is 2.56. The molecule has 0 amide bonds. The van der Waals surface area contributed by atoms with Gasteiger partial charge in [-0.25, -0.2) is 4.99 Å². The molecule has 0 spiro atoms. The number of nitrogens with zero attached hydrogens (tertiary/aromatic N) is 1. The van der Waals surface area contributed by atoms with Crippen LogP contribution in [0.2, 0.25) is 0 Å². The van der Waals surface area contributed by atoms with Gasteiger partial charge < -0.3 is 11.1 Å². The molecule has 0 fully saturated rings. The second kappa shape index (κ2) is 7.20. The maximum absolute atomic E-state index is 12.8. The van der Waals surface area contributed by atoms with Crippen molar-refractivity contribution >= 4 is 60.8 Å². The quantitative estimate of drug-likeness (QED) is 0.409. The zero-order chi connectivity index (χ0) is 18.2. The fraction of sp³-hybridized carbons (Fsp3) is 0.188. The number of nitrogens with one attached hydrogen (secondary N) is 1. The van der Waals surface area contributed by atoms with Crippen LogP contribution in [0.1, 0.15) is 5.56 Å². The maximum atomic E-state index is 12.8. The highest BCUT2D eigenvalue weighted by Gasteiger charge is 2.32. The van der Waals surface area contributed by atoms with Gasteiger partial charge in [0.15, 0.2) is 0 Å². The van der Waals surface area contributed by atoms with E-state index in [1.54, 1.807) is 0 Å². The zero-order valence-electron chi connectivity index (χ0n) is 12.6. The van der Waals surface area contributed by atoms with Gasteiger partial charge in [-0.3, -0.25) is 0 Å². The summed E-state index contributed by atoms with van der Waals surface area (Å²) in [4.78, 5) is 5.17. The Labute approximate surface area is 163 Å². The van der Waals surface area contributed by atoms with E-state index in [-0.39, 0.29) is 5.25 Å². The molecule has 2 aromatic carbocycles. The Hall–Kier alpha value is -1.19. The molecule has 25 heavy (non-hydrogen) atoms. The summed E-state index contributed by atoms with van der Waals surface area (Å²) in [5.41, 5.74) is 6.61. The topological polar surface area (TPSA) is 50.4 Å². The lowest BCUT2D eigenvalue weighted by molar-refractivity contribution is -0.137. The molecule has 0 saturated carbocycles. The lowest BCUT2D eigenvalue weighted by atomic mass is 10.2. The highest BCUT2D eigenvalue weighted by atomic mass is 79.9. The van der Waals surface area contributed by atoms with Gasteiger partial charge in [0.2, 0.25) is 0 Å². The van der Waals surface area contributed by atoms with Gasteiger partial charge in [-0.05, 0) is 52.3 Å². The first-order valence-corrected chi connectivity index (χ1v) is 9.61. The Morgan fingerprint density at radius 1 is 1.20 bits per heavy atom. The lowest BCUT2D eigenvalue weighted by Gasteiger charge is -2.26. The molecule has 1 atom stereocenters. The van der Waals surface area contributed by atoms with Crippen LogP contribution in [0.15, 0.2) is 55.2 Å². The van der Waals surface area contributed by atoms with Gasteiger partial charge in [0.25, 0.3) is 0 Å². The summed E-state index contributed by atoms with van der Waals surface area (Å²) in [5, 5.41) is 2.84. The van der Waals surface area contributed by atoms with Gasteiger partial charge in [-0.1, -0.05) is 15.9 Å². The van der Waals surface area contributed by atoms with Crippen LogP contribution in [-0.4, -0.2) is 17.6 Å². The molecule has 0 saturated heterocycles. The van der Waals surface area contributed by atoms with Crippen LogP contribution in [0, 0.1) is 0 Å². The predicted molar refractivity (Wildman–Crippen MR) is 103 cm³/mol. The number of hydrogen-bond donors (Lipinski definition) is 2. The van der Waals surface area contributed by atoms with Crippen molar-refractivity contribution in [1.29, 1.82) is 0 Å². The van der Waals surface area contributed by atoms with Gasteiger partial charge >= 0.3 is 6.18 Å². The van der Waals surface area contributed by atoms with E-state index in [4.69, 9.17) is 5.73 Å². The molecule has 3 nitrogen and oxygen atoms in total. The second-order valence-corrected chi connectivity index (χ2v) is 8.34. The lowest BCUT2D eigenvalue weighted by Crippen LogP contribution is -2.34. The van der Waals surface area contributed by atoms with Gasteiger partial charge in [-0.15, -0.1) is 11.8 Å². The third-order valence-corrected chi connectivity index (χ3v) is 6.01. The van der Waals surface area contributed by atoms with Crippen molar-refractivity contribution in [3.8, 4) is 0 Å². The van der Waals surface area contributed by atoms with Crippen LogP contribution in [0.3, 0.4) is 0 Å². The third-order valence-electron chi connectivity index (χ3n) is 3.54. The van der Waals surface area contributed by atoms with Crippen LogP contribution in [-0.2, 0) is 6.18 Å². The van der Waals surface area contributed by atoms with Gasteiger partial charge in [0, 0.05) is 26.1 Å². The number of thioether (sulfide) groups is 1. The molecule has 0 bridgehead atoms. The van der Waals surface area contributed by atoms with Crippen molar-refractivity contribution in [2.24, 2.45) is 10.7 Å². The number of hydrogen-bond acceptors (Lipinski definition) is 3. The van der Waals surface area contributed by atoms with Crippen molar-refractivity contribution < 1.29 is 13.2 Å². The standard InChI is InChI=1S/C16H12Br2F3N3S/c17-9-2-3-10(18)11(6-9)24-15(22)14-7-23-12-5-8(16(19,20)21)1-4-13(12)25-14/h1-6,14,23H,7H2,(H2,22,24). The molecular weight excluding hydrogens is 483 g/mol. The third kappa shape index (κ3) is 4.32. The SMILES string of the molecule is NC(=Nc1cc(Br)ccc1Br)C1CNc2cc(C(F)(F)F)ccc2S1. The summed E-state index contributed by atoms with van der Waals surface area (Å²) in [5.74, 6) is 0.404. The van der Waals surface area contributed by atoms with Crippen molar-refractivity contribution in [1.82, 2.24) is 0 Å². The number of nitrogens with two attached hydrogens (primary N) is 1. The van der Waals surface area contributed by atoms with Crippen molar-refractivity contribution in [3.63, 3.8) is 0 Å². The first-order chi connectivity index (χ1) is 11.7. The molecule has 3 N–H and O–H groups in total. The number of aliphatic imine (C=N–C) groups is 1. The van der Waals surface area contributed by atoms with Crippen molar-refractivity contribution in [3.05, 3.63) is 50.9 Å². The minimum absolute atomic E-state index is 0.171.